The zero-order valence-electron chi connectivity index (χ0n) is 9.15. The number of carboxylic acids is 1. The van der Waals surface area contributed by atoms with Crippen LogP contribution in [0, 0.1) is 6.92 Å². The summed E-state index contributed by atoms with van der Waals surface area (Å²) in [5.74, 6) is -1.20. The minimum atomic E-state index is -1.20. The van der Waals surface area contributed by atoms with Gasteiger partial charge in [0.2, 0.25) is 0 Å². The molecule has 4 nitrogen and oxygen atoms in total. The molecule has 0 aliphatic rings. The Bertz CT molecular complexity index is 508. The first-order valence-electron chi connectivity index (χ1n) is 4.49. The third kappa shape index (κ3) is 2.54. The van der Waals surface area contributed by atoms with E-state index in [4.69, 9.17) is 0 Å². The second-order valence-corrected chi connectivity index (χ2v) is 3.28. The number of hydrogen-bond acceptors (Lipinski definition) is 3. The number of nitrogens with zero attached hydrogens (tertiary/aromatic N) is 1. The van der Waals surface area contributed by atoms with Gasteiger partial charge >= 0.3 is 18.9 Å². The van der Waals surface area contributed by atoms with E-state index in [9.17, 15) is 9.90 Å². The maximum atomic E-state index is 10.6. The number of aryl methyl sites for hydroxylation is 1. The number of carbonyl (C=O) groups is 1. The molecule has 0 aromatic carbocycles. The second kappa shape index (κ2) is 5.02. The molecule has 76 valence electrons. The molecule has 0 saturated carbocycles. The van der Waals surface area contributed by atoms with Gasteiger partial charge in [-0.25, -0.2) is 0 Å². The molecule has 0 unspecified atom stereocenters. The van der Waals surface area contributed by atoms with Gasteiger partial charge in [0.05, 0.1) is 11.7 Å². The van der Waals surface area contributed by atoms with Crippen LogP contribution in [0.4, 0.5) is 0 Å². The van der Waals surface area contributed by atoms with E-state index in [1.807, 2.05) is 19.1 Å². The number of pyridine rings is 1. The summed E-state index contributed by atoms with van der Waals surface area (Å²) in [6.07, 6.45) is 3.33. The molecule has 0 fully saturated rings. The maximum Gasteiger partial charge on any atom is 1.00 e. The number of carbonyl (C=O) groups excluding carboxylic acids is 1. The zero-order chi connectivity index (χ0) is 10.8. The quantitative estimate of drug-likeness (QED) is 0.567. The van der Waals surface area contributed by atoms with Crippen molar-refractivity contribution in [2.75, 3.05) is 0 Å². The Balaban J connectivity index is 0.00000128. The van der Waals surface area contributed by atoms with Gasteiger partial charge in [0.25, 0.3) is 0 Å². The number of H-pyrrole nitrogens is 1. The van der Waals surface area contributed by atoms with Gasteiger partial charge < -0.3 is 14.9 Å². The van der Waals surface area contributed by atoms with Crippen LogP contribution < -0.4 is 24.0 Å². The van der Waals surface area contributed by atoms with Gasteiger partial charge in [-0.3, -0.25) is 4.98 Å². The maximum absolute atomic E-state index is 10.6. The van der Waals surface area contributed by atoms with Gasteiger partial charge in [-0.15, -0.1) is 0 Å². The topological polar surface area (TPSA) is 68.8 Å². The Morgan fingerprint density at radius 3 is 2.69 bits per heavy atom. The van der Waals surface area contributed by atoms with Crippen LogP contribution in [-0.2, 0) is 0 Å². The van der Waals surface area contributed by atoms with Gasteiger partial charge in [0.1, 0.15) is 0 Å². The minimum Gasteiger partial charge on any atom is -0.543 e. The Kier molecular flexibility index (Phi) is 3.94. The third-order valence-electron chi connectivity index (χ3n) is 2.13. The summed E-state index contributed by atoms with van der Waals surface area (Å²) in [7, 11) is 0. The van der Waals surface area contributed by atoms with E-state index >= 15 is 0 Å². The van der Waals surface area contributed by atoms with Crippen molar-refractivity contribution in [2.24, 2.45) is 0 Å². The summed E-state index contributed by atoms with van der Waals surface area (Å²) < 4.78 is 0. The normalized spacial score (nSPS) is 9.56. The van der Waals surface area contributed by atoms with E-state index in [1.165, 1.54) is 0 Å². The molecule has 0 spiro atoms. The third-order valence-corrected chi connectivity index (χ3v) is 2.13. The van der Waals surface area contributed by atoms with E-state index < -0.39 is 5.97 Å². The van der Waals surface area contributed by atoms with Crippen molar-refractivity contribution in [1.82, 2.24) is 9.97 Å². The van der Waals surface area contributed by atoms with E-state index in [2.05, 4.69) is 9.97 Å². The molecule has 0 atom stereocenters. The van der Waals surface area contributed by atoms with Crippen LogP contribution in [0.25, 0.3) is 11.1 Å². The number of hydrogen-bond donors (Lipinski definition) is 1. The molecule has 0 aliphatic carbocycles. The number of aromatic carboxylic acids is 1. The molecule has 1 N–H and O–H groups in total. The smallest absolute Gasteiger partial charge is 0.543 e. The molecule has 5 heteroatoms. The van der Waals surface area contributed by atoms with Crippen LogP contribution in [0.3, 0.4) is 0 Å². The standard InChI is InChI=1S/C11H10N2O2.Li/c1-7-4-8(2-3-12-7)9-5-10(11(14)15)13-6-9;/h2-6,13H,1H3,(H,14,15);/q;+1/p-1. The number of rotatable bonds is 2. The van der Waals surface area contributed by atoms with Crippen molar-refractivity contribution < 1.29 is 28.8 Å². The van der Waals surface area contributed by atoms with Crippen molar-refractivity contribution in [3.8, 4) is 11.1 Å². The summed E-state index contributed by atoms with van der Waals surface area (Å²) in [4.78, 5) is 17.3. The first-order chi connectivity index (χ1) is 7.16. The summed E-state index contributed by atoms with van der Waals surface area (Å²) in [6, 6.07) is 5.27. The first kappa shape index (κ1) is 12.6. The van der Waals surface area contributed by atoms with Crippen molar-refractivity contribution in [3.05, 3.63) is 42.0 Å². The van der Waals surface area contributed by atoms with Gasteiger partial charge in [-0.1, -0.05) is 0 Å². The fourth-order valence-corrected chi connectivity index (χ4v) is 1.40. The van der Waals surface area contributed by atoms with Gasteiger partial charge in [0.15, 0.2) is 0 Å². The predicted octanol–water partition coefficient (Wildman–Crippen LogP) is -2.25. The summed E-state index contributed by atoms with van der Waals surface area (Å²) in [5, 5.41) is 10.6. The Morgan fingerprint density at radius 1 is 1.38 bits per heavy atom. The second-order valence-electron chi connectivity index (χ2n) is 3.28. The fourth-order valence-electron chi connectivity index (χ4n) is 1.40. The molecule has 0 amide bonds. The molecule has 16 heavy (non-hydrogen) atoms. The van der Waals surface area contributed by atoms with Crippen molar-refractivity contribution in [2.45, 2.75) is 6.92 Å². The molecule has 2 rings (SSSR count). The van der Waals surface area contributed by atoms with Crippen LogP contribution in [0.2, 0.25) is 0 Å². The van der Waals surface area contributed by atoms with Crippen LogP contribution >= 0.6 is 0 Å². The zero-order valence-corrected chi connectivity index (χ0v) is 9.15. The molecule has 0 radical (unpaired) electrons. The predicted molar refractivity (Wildman–Crippen MR) is 53.1 cm³/mol. The van der Waals surface area contributed by atoms with Gasteiger partial charge in [-0.2, -0.15) is 0 Å². The number of carboxylic acid groups (broad SMARTS) is 1. The average molecular weight is 208 g/mol. The van der Waals surface area contributed by atoms with E-state index in [1.54, 1.807) is 18.5 Å². The van der Waals surface area contributed by atoms with Gasteiger partial charge in [0, 0.05) is 18.1 Å². The molecular weight excluding hydrogens is 199 g/mol. The fraction of sp³-hybridized carbons (Fsp3) is 0.0909. The van der Waals surface area contributed by atoms with Crippen molar-refractivity contribution >= 4 is 5.97 Å². The SMILES string of the molecule is Cc1cc(-c2c[nH]c(C(=O)[O-])c2)ccn1.[Li+]. The summed E-state index contributed by atoms with van der Waals surface area (Å²) in [5.41, 5.74) is 2.73. The van der Waals surface area contributed by atoms with Crippen molar-refractivity contribution in [3.63, 3.8) is 0 Å². The van der Waals surface area contributed by atoms with Crippen LogP contribution in [-0.4, -0.2) is 15.9 Å². The molecule has 0 bridgehead atoms. The summed E-state index contributed by atoms with van der Waals surface area (Å²) >= 11 is 0. The number of aromatic nitrogens is 2. The average Bonchev–Trinajstić information content (AvgIpc) is 2.66. The van der Waals surface area contributed by atoms with Crippen LogP contribution in [0.5, 0.6) is 0 Å². The Labute approximate surface area is 105 Å². The van der Waals surface area contributed by atoms with E-state index in [0.29, 0.717) is 0 Å². The number of aromatic amines is 1. The number of nitrogens with one attached hydrogen (secondary N) is 1. The molecule has 2 aromatic heterocycles. The van der Waals surface area contributed by atoms with Gasteiger partial charge in [-0.05, 0) is 36.2 Å². The monoisotopic (exact) mass is 208 g/mol. The van der Waals surface area contributed by atoms with E-state index in [-0.39, 0.29) is 24.6 Å². The van der Waals surface area contributed by atoms with Crippen LogP contribution in [0.15, 0.2) is 30.6 Å². The summed E-state index contributed by atoms with van der Waals surface area (Å²) in [6.45, 7) is 1.88. The molecule has 0 aliphatic heterocycles. The van der Waals surface area contributed by atoms with Crippen LogP contribution in [0.1, 0.15) is 16.2 Å². The minimum absolute atomic E-state index is 0. The molecule has 2 heterocycles. The molecular formula is C11H9LiN2O2. The Hall–Kier alpha value is -1.50. The molecule has 0 saturated heterocycles. The Morgan fingerprint density at radius 2 is 2.12 bits per heavy atom. The first-order valence-corrected chi connectivity index (χ1v) is 4.49. The molecule has 2 aromatic rings. The van der Waals surface area contributed by atoms with E-state index in [0.717, 1.165) is 16.8 Å². The largest absolute Gasteiger partial charge is 1.00 e. The van der Waals surface area contributed by atoms with Crippen molar-refractivity contribution in [1.29, 1.82) is 0 Å².